The van der Waals surface area contributed by atoms with Crippen molar-refractivity contribution in [3.63, 3.8) is 0 Å². The van der Waals surface area contributed by atoms with E-state index in [1.807, 2.05) is 30.3 Å². The summed E-state index contributed by atoms with van der Waals surface area (Å²) in [6.07, 6.45) is 0. The van der Waals surface area contributed by atoms with Crippen LogP contribution in [0.4, 0.5) is 0 Å². The molecule has 0 aliphatic rings. The van der Waals surface area contributed by atoms with Gasteiger partial charge < -0.3 is 9.83 Å². The zero-order valence-corrected chi connectivity index (χ0v) is 7.20. The summed E-state index contributed by atoms with van der Waals surface area (Å²) in [4.78, 5) is 0. The third-order valence-corrected chi connectivity index (χ3v) is 1.67. The van der Waals surface area contributed by atoms with Gasteiger partial charge in [-0.1, -0.05) is 30.3 Å². The predicted octanol–water partition coefficient (Wildman–Crippen LogP) is 0.161. The van der Waals surface area contributed by atoms with Crippen LogP contribution in [-0.4, -0.2) is 9.92 Å². The van der Waals surface area contributed by atoms with Gasteiger partial charge >= 0.3 is 0 Å². The zero-order valence-electron chi connectivity index (χ0n) is 5.79. The van der Waals surface area contributed by atoms with Crippen molar-refractivity contribution in [1.29, 1.82) is 0 Å². The fraction of sp³-hybridized carbons (Fsp3) is 0.143. The summed E-state index contributed by atoms with van der Waals surface area (Å²) in [6, 6.07) is 10.0. The number of hydrogen-bond acceptors (Lipinski definition) is 2. The van der Waals surface area contributed by atoms with Gasteiger partial charge in [0.1, 0.15) is 0 Å². The monoisotopic (exact) mass is 153 g/mol. The van der Waals surface area contributed by atoms with Crippen molar-refractivity contribution in [1.82, 2.24) is 0 Å². The summed E-state index contributed by atoms with van der Waals surface area (Å²) in [7, 11) is -0.730. The third kappa shape index (κ3) is 2.30. The van der Waals surface area contributed by atoms with Gasteiger partial charge in [0.25, 0.3) is 0 Å². The molecular formula is C7H11NOSi. The average molecular weight is 153 g/mol. The van der Waals surface area contributed by atoms with E-state index in [4.69, 9.17) is 9.83 Å². The number of rotatable bonds is 3. The van der Waals surface area contributed by atoms with Crippen LogP contribution in [0.2, 0.25) is 0 Å². The molecule has 54 valence electrons. The van der Waals surface area contributed by atoms with E-state index in [2.05, 4.69) is 0 Å². The van der Waals surface area contributed by atoms with E-state index in [-0.39, 0.29) is 0 Å². The topological polar surface area (TPSA) is 35.2 Å². The standard InChI is InChI=1S/C7H11NOSi/c8-10-9-6-7-4-2-1-3-5-7/h1-5H,6,8,10H2. The molecule has 0 spiro atoms. The van der Waals surface area contributed by atoms with E-state index < -0.39 is 9.92 Å². The van der Waals surface area contributed by atoms with Crippen molar-refractivity contribution >= 4 is 9.92 Å². The maximum absolute atomic E-state index is 5.29. The van der Waals surface area contributed by atoms with E-state index in [9.17, 15) is 0 Å². The Labute approximate surface area is 63.0 Å². The lowest BCUT2D eigenvalue weighted by atomic mass is 10.2. The molecule has 1 rings (SSSR count). The Morgan fingerprint density at radius 2 is 2.00 bits per heavy atom. The summed E-state index contributed by atoms with van der Waals surface area (Å²) in [5.74, 6) is 0. The van der Waals surface area contributed by atoms with Crippen molar-refractivity contribution in [2.45, 2.75) is 6.61 Å². The Kier molecular flexibility index (Phi) is 3.15. The highest BCUT2D eigenvalue weighted by Gasteiger charge is 1.87. The SMILES string of the molecule is N[SiH2]OCc1ccccc1. The molecule has 3 heteroatoms. The van der Waals surface area contributed by atoms with Gasteiger partial charge in [-0.15, -0.1) is 0 Å². The van der Waals surface area contributed by atoms with Crippen molar-refractivity contribution in [3.8, 4) is 0 Å². The van der Waals surface area contributed by atoms with Gasteiger partial charge in [-0.25, -0.2) is 0 Å². The lowest BCUT2D eigenvalue weighted by molar-refractivity contribution is 0.325. The molecule has 0 atom stereocenters. The Morgan fingerprint density at radius 1 is 1.30 bits per heavy atom. The highest BCUT2D eigenvalue weighted by molar-refractivity contribution is 6.21. The quantitative estimate of drug-likeness (QED) is 0.628. The van der Waals surface area contributed by atoms with Crippen LogP contribution >= 0.6 is 0 Å². The highest BCUT2D eigenvalue weighted by Crippen LogP contribution is 1.98. The summed E-state index contributed by atoms with van der Waals surface area (Å²) >= 11 is 0. The molecule has 1 aromatic rings. The molecule has 0 aliphatic carbocycles. The minimum absolute atomic E-state index is 0.670. The minimum Gasteiger partial charge on any atom is -0.404 e. The van der Waals surface area contributed by atoms with Crippen LogP contribution in [0.3, 0.4) is 0 Å². The van der Waals surface area contributed by atoms with Gasteiger partial charge in [-0.2, -0.15) is 0 Å². The first-order valence-electron chi connectivity index (χ1n) is 3.25. The Balaban J connectivity index is 2.43. The van der Waals surface area contributed by atoms with E-state index in [1.165, 1.54) is 5.56 Å². The molecule has 0 bridgehead atoms. The fourth-order valence-corrected chi connectivity index (χ4v) is 1.10. The summed E-state index contributed by atoms with van der Waals surface area (Å²) in [5, 5.41) is 5.29. The minimum atomic E-state index is -0.730. The van der Waals surface area contributed by atoms with Crippen LogP contribution in [0.15, 0.2) is 30.3 Å². The van der Waals surface area contributed by atoms with Gasteiger partial charge in [0.05, 0.1) is 6.61 Å². The van der Waals surface area contributed by atoms with Crippen molar-refractivity contribution < 1.29 is 4.43 Å². The van der Waals surface area contributed by atoms with Gasteiger partial charge in [0.2, 0.25) is 9.92 Å². The van der Waals surface area contributed by atoms with E-state index in [0.29, 0.717) is 6.61 Å². The van der Waals surface area contributed by atoms with E-state index in [1.54, 1.807) is 0 Å². The van der Waals surface area contributed by atoms with Gasteiger partial charge in [-0.3, -0.25) is 0 Å². The smallest absolute Gasteiger partial charge is 0.233 e. The molecule has 0 radical (unpaired) electrons. The van der Waals surface area contributed by atoms with Gasteiger partial charge in [-0.05, 0) is 5.56 Å². The van der Waals surface area contributed by atoms with Crippen LogP contribution in [0.1, 0.15) is 5.56 Å². The van der Waals surface area contributed by atoms with Crippen LogP contribution in [-0.2, 0) is 11.0 Å². The highest BCUT2D eigenvalue weighted by atomic mass is 28.2. The van der Waals surface area contributed by atoms with Crippen LogP contribution in [0, 0.1) is 0 Å². The molecule has 0 unspecified atom stereocenters. The second-order valence-corrected chi connectivity index (χ2v) is 2.74. The lowest BCUT2D eigenvalue weighted by Gasteiger charge is -1.98. The Morgan fingerprint density at radius 3 is 2.60 bits per heavy atom. The molecule has 0 fully saturated rings. The second kappa shape index (κ2) is 4.22. The molecule has 2 nitrogen and oxygen atoms in total. The summed E-state index contributed by atoms with van der Waals surface area (Å²) in [6.45, 7) is 0.670. The molecule has 0 aromatic heterocycles. The second-order valence-electron chi connectivity index (χ2n) is 2.00. The van der Waals surface area contributed by atoms with Crippen molar-refractivity contribution in [2.75, 3.05) is 0 Å². The van der Waals surface area contributed by atoms with E-state index >= 15 is 0 Å². The van der Waals surface area contributed by atoms with Crippen LogP contribution in [0.5, 0.6) is 0 Å². The Hall–Kier alpha value is -0.643. The Bertz CT molecular complexity index is 178. The fourth-order valence-electron chi connectivity index (χ4n) is 0.751. The summed E-state index contributed by atoms with van der Waals surface area (Å²) < 4.78 is 5.14. The normalized spacial score (nSPS) is 10.9. The first-order valence-corrected chi connectivity index (χ1v) is 4.64. The zero-order chi connectivity index (χ0) is 7.23. The molecule has 1 aromatic carbocycles. The molecule has 0 aliphatic heterocycles. The first kappa shape index (κ1) is 7.46. The van der Waals surface area contributed by atoms with Crippen molar-refractivity contribution in [2.24, 2.45) is 5.40 Å². The largest absolute Gasteiger partial charge is 0.404 e. The van der Waals surface area contributed by atoms with Crippen molar-refractivity contribution in [3.05, 3.63) is 35.9 Å². The number of hydrogen-bond donors (Lipinski definition) is 1. The maximum atomic E-state index is 5.29. The molecule has 2 N–H and O–H groups in total. The van der Waals surface area contributed by atoms with Gasteiger partial charge in [0, 0.05) is 0 Å². The maximum Gasteiger partial charge on any atom is 0.233 e. The number of nitrogens with two attached hydrogens (primary N) is 1. The molecule has 0 saturated heterocycles. The van der Waals surface area contributed by atoms with Gasteiger partial charge in [0.15, 0.2) is 0 Å². The first-order chi connectivity index (χ1) is 4.93. The van der Waals surface area contributed by atoms with Crippen LogP contribution < -0.4 is 5.40 Å². The molecule has 0 amide bonds. The molecular weight excluding hydrogens is 142 g/mol. The van der Waals surface area contributed by atoms with Crippen LogP contribution in [0.25, 0.3) is 0 Å². The predicted molar refractivity (Wildman–Crippen MR) is 44.0 cm³/mol. The van der Waals surface area contributed by atoms with E-state index in [0.717, 1.165) is 0 Å². The molecule has 0 heterocycles. The lowest BCUT2D eigenvalue weighted by Crippen LogP contribution is -2.09. The molecule has 0 saturated carbocycles. The number of benzene rings is 1. The third-order valence-electron chi connectivity index (χ3n) is 1.23. The average Bonchev–Trinajstić information content (AvgIpc) is 2.03. The molecule has 10 heavy (non-hydrogen) atoms. The summed E-state index contributed by atoms with van der Waals surface area (Å²) in [5.41, 5.74) is 1.19.